The number of carbonyl (C=O) groups excluding carboxylic acids is 1. The van der Waals surface area contributed by atoms with Crippen LogP contribution in [0.2, 0.25) is 0 Å². The van der Waals surface area contributed by atoms with Crippen molar-refractivity contribution in [1.82, 2.24) is 15.5 Å². The third-order valence-electron chi connectivity index (χ3n) is 4.16. The molecule has 2 amide bonds. The summed E-state index contributed by atoms with van der Waals surface area (Å²) in [5, 5.41) is 13.5. The number of anilines is 1. The summed E-state index contributed by atoms with van der Waals surface area (Å²) in [6.07, 6.45) is 5.95. The predicted octanol–water partition coefficient (Wildman–Crippen LogP) is 3.44. The second-order valence-electron chi connectivity index (χ2n) is 5.79. The number of nitrogens with zero attached hydrogens (tertiary/aromatic N) is 2. The Hall–Kier alpha value is -2.37. The lowest BCUT2D eigenvalue weighted by molar-refractivity contribution is 0.232. The molecule has 0 unspecified atom stereocenters. The molecule has 1 aromatic heterocycles. The molecule has 0 saturated heterocycles. The van der Waals surface area contributed by atoms with Crippen LogP contribution in [0.15, 0.2) is 35.1 Å². The van der Waals surface area contributed by atoms with Crippen molar-refractivity contribution in [2.45, 2.75) is 38.6 Å². The van der Waals surface area contributed by atoms with Crippen LogP contribution in [0.1, 0.15) is 32.6 Å². The van der Waals surface area contributed by atoms with Crippen LogP contribution in [-0.2, 0) is 0 Å². The van der Waals surface area contributed by atoms with E-state index in [0.29, 0.717) is 17.5 Å². The minimum Gasteiger partial charge on any atom is -0.423 e. The van der Waals surface area contributed by atoms with Gasteiger partial charge in [0.25, 0.3) is 0 Å². The molecule has 1 aliphatic rings. The monoisotopic (exact) mass is 300 g/mol. The Kier molecular flexibility index (Phi) is 4.37. The fourth-order valence-corrected chi connectivity index (χ4v) is 2.90. The molecular weight excluding hydrogens is 280 g/mol. The molecular formula is C16H20N4O2. The maximum absolute atomic E-state index is 12.2. The van der Waals surface area contributed by atoms with Gasteiger partial charge in [-0.15, -0.1) is 10.2 Å². The molecule has 1 saturated carbocycles. The first-order chi connectivity index (χ1) is 10.7. The highest BCUT2D eigenvalue weighted by Gasteiger charge is 2.22. The van der Waals surface area contributed by atoms with E-state index in [1.807, 2.05) is 24.3 Å². The van der Waals surface area contributed by atoms with Crippen LogP contribution in [0, 0.1) is 5.92 Å². The normalized spacial score (nSPS) is 21.3. The van der Waals surface area contributed by atoms with Crippen LogP contribution >= 0.6 is 0 Å². The Labute approximate surface area is 129 Å². The number of aromatic nitrogens is 2. The molecule has 6 heteroatoms. The van der Waals surface area contributed by atoms with E-state index in [9.17, 15) is 4.79 Å². The zero-order chi connectivity index (χ0) is 15.4. The molecule has 1 fully saturated rings. The largest absolute Gasteiger partial charge is 0.423 e. The van der Waals surface area contributed by atoms with Gasteiger partial charge in [-0.2, -0.15) is 0 Å². The average molecular weight is 300 g/mol. The Morgan fingerprint density at radius 1 is 1.32 bits per heavy atom. The highest BCUT2D eigenvalue weighted by Crippen LogP contribution is 2.24. The molecule has 2 atom stereocenters. The number of hydrogen-bond donors (Lipinski definition) is 2. The lowest BCUT2D eigenvalue weighted by Crippen LogP contribution is -2.43. The van der Waals surface area contributed by atoms with Crippen LogP contribution in [-0.4, -0.2) is 22.3 Å². The maximum Gasteiger partial charge on any atom is 0.319 e. The minimum absolute atomic E-state index is 0.165. The van der Waals surface area contributed by atoms with Gasteiger partial charge in [0, 0.05) is 17.3 Å². The Morgan fingerprint density at radius 3 is 2.95 bits per heavy atom. The van der Waals surface area contributed by atoms with E-state index in [4.69, 9.17) is 4.42 Å². The summed E-state index contributed by atoms with van der Waals surface area (Å²) in [5.41, 5.74) is 1.48. The van der Waals surface area contributed by atoms with Gasteiger partial charge in [0.05, 0.1) is 0 Å². The Balaban J connectivity index is 1.63. The maximum atomic E-state index is 12.2. The number of nitrogens with one attached hydrogen (secondary N) is 2. The third kappa shape index (κ3) is 3.44. The number of urea groups is 1. The van der Waals surface area contributed by atoms with Gasteiger partial charge in [0.1, 0.15) is 0 Å². The van der Waals surface area contributed by atoms with Gasteiger partial charge in [-0.25, -0.2) is 4.79 Å². The molecule has 2 N–H and O–H groups in total. The average Bonchev–Trinajstić information content (AvgIpc) is 3.04. The fraction of sp³-hybridized carbons (Fsp3) is 0.438. The molecule has 6 nitrogen and oxygen atoms in total. The SMILES string of the molecule is C[C@@H]1CCCC[C@H]1NC(=O)Nc1cccc(-c2nnco2)c1. The number of amides is 2. The number of carbonyl (C=O) groups is 1. The van der Waals surface area contributed by atoms with Crippen LogP contribution in [0.5, 0.6) is 0 Å². The van der Waals surface area contributed by atoms with Crippen molar-refractivity contribution in [3.63, 3.8) is 0 Å². The summed E-state index contributed by atoms with van der Waals surface area (Å²) >= 11 is 0. The molecule has 2 aromatic rings. The standard InChI is InChI=1S/C16H20N4O2/c1-11-5-2-3-8-14(11)19-16(21)18-13-7-4-6-12(9-13)15-20-17-10-22-15/h4,6-7,9-11,14H,2-3,5,8H2,1H3,(H2,18,19,21)/t11-,14-/m1/s1. The van der Waals surface area contributed by atoms with Gasteiger partial charge in [-0.3, -0.25) is 0 Å². The highest BCUT2D eigenvalue weighted by molar-refractivity contribution is 5.90. The first kappa shape index (κ1) is 14.6. The topological polar surface area (TPSA) is 80.0 Å². The predicted molar refractivity (Wildman–Crippen MR) is 83.3 cm³/mol. The number of benzene rings is 1. The van der Waals surface area contributed by atoms with Crippen LogP contribution in [0.4, 0.5) is 10.5 Å². The van der Waals surface area contributed by atoms with Crippen LogP contribution in [0.3, 0.4) is 0 Å². The van der Waals surface area contributed by atoms with Crippen molar-refractivity contribution in [1.29, 1.82) is 0 Å². The van der Waals surface area contributed by atoms with Crippen molar-refractivity contribution in [2.24, 2.45) is 5.92 Å². The molecule has 0 aliphatic heterocycles. The lowest BCUT2D eigenvalue weighted by Gasteiger charge is -2.29. The van der Waals surface area contributed by atoms with E-state index in [2.05, 4.69) is 27.8 Å². The van der Waals surface area contributed by atoms with Crippen LogP contribution < -0.4 is 10.6 Å². The quantitative estimate of drug-likeness (QED) is 0.910. The first-order valence-corrected chi connectivity index (χ1v) is 7.66. The summed E-state index contributed by atoms with van der Waals surface area (Å²) < 4.78 is 5.16. The molecule has 116 valence electrons. The summed E-state index contributed by atoms with van der Waals surface area (Å²) in [4.78, 5) is 12.2. The molecule has 0 radical (unpaired) electrons. The summed E-state index contributed by atoms with van der Waals surface area (Å²) in [5.74, 6) is 0.967. The molecule has 1 aromatic carbocycles. The lowest BCUT2D eigenvalue weighted by atomic mass is 9.86. The summed E-state index contributed by atoms with van der Waals surface area (Å²) in [6, 6.07) is 7.45. The smallest absolute Gasteiger partial charge is 0.319 e. The Bertz CT molecular complexity index is 627. The number of hydrogen-bond acceptors (Lipinski definition) is 4. The van der Waals surface area contributed by atoms with E-state index in [1.54, 1.807) is 0 Å². The zero-order valence-corrected chi connectivity index (χ0v) is 12.6. The Morgan fingerprint density at radius 2 is 2.18 bits per heavy atom. The first-order valence-electron chi connectivity index (χ1n) is 7.66. The molecule has 0 bridgehead atoms. The van der Waals surface area contributed by atoms with Crippen molar-refractivity contribution in [2.75, 3.05) is 5.32 Å². The second kappa shape index (κ2) is 6.60. The van der Waals surface area contributed by atoms with Crippen LogP contribution in [0.25, 0.3) is 11.5 Å². The van der Waals surface area contributed by atoms with Gasteiger partial charge >= 0.3 is 6.03 Å². The second-order valence-corrected chi connectivity index (χ2v) is 5.79. The molecule has 22 heavy (non-hydrogen) atoms. The van der Waals surface area contributed by atoms with E-state index in [1.165, 1.54) is 25.7 Å². The highest BCUT2D eigenvalue weighted by atomic mass is 16.4. The fourth-order valence-electron chi connectivity index (χ4n) is 2.90. The van der Waals surface area contributed by atoms with E-state index < -0.39 is 0 Å². The van der Waals surface area contributed by atoms with E-state index in [0.717, 1.165) is 12.0 Å². The third-order valence-corrected chi connectivity index (χ3v) is 4.16. The summed E-state index contributed by atoms with van der Waals surface area (Å²) in [7, 11) is 0. The van der Waals surface area contributed by atoms with Crippen molar-refractivity contribution >= 4 is 11.7 Å². The number of rotatable bonds is 3. The zero-order valence-electron chi connectivity index (χ0n) is 12.6. The van der Waals surface area contributed by atoms with E-state index in [-0.39, 0.29) is 12.1 Å². The van der Waals surface area contributed by atoms with Crippen molar-refractivity contribution in [3.05, 3.63) is 30.7 Å². The molecule has 3 rings (SSSR count). The molecule has 1 aliphatic carbocycles. The summed E-state index contributed by atoms with van der Waals surface area (Å²) in [6.45, 7) is 2.19. The van der Waals surface area contributed by atoms with Crippen molar-refractivity contribution < 1.29 is 9.21 Å². The van der Waals surface area contributed by atoms with Gasteiger partial charge in [-0.1, -0.05) is 25.8 Å². The van der Waals surface area contributed by atoms with Gasteiger partial charge in [-0.05, 0) is 37.0 Å². The van der Waals surface area contributed by atoms with Crippen molar-refractivity contribution in [3.8, 4) is 11.5 Å². The minimum atomic E-state index is -0.165. The van der Waals surface area contributed by atoms with Gasteiger partial charge in [0.2, 0.25) is 12.3 Å². The van der Waals surface area contributed by atoms with Gasteiger partial charge < -0.3 is 15.1 Å². The molecule has 0 spiro atoms. The van der Waals surface area contributed by atoms with Gasteiger partial charge in [0.15, 0.2) is 0 Å². The molecule has 1 heterocycles. The van der Waals surface area contributed by atoms with E-state index >= 15 is 0 Å².